The third-order valence-corrected chi connectivity index (χ3v) is 5.83. The van der Waals surface area contributed by atoms with Crippen molar-refractivity contribution in [2.24, 2.45) is 7.05 Å². The van der Waals surface area contributed by atoms with Gasteiger partial charge in [0.05, 0.1) is 26.3 Å². The number of esters is 1. The number of hydrogen-bond donors (Lipinski definition) is 1. The zero-order chi connectivity index (χ0) is 20.7. The molecule has 28 heavy (non-hydrogen) atoms. The van der Waals surface area contributed by atoms with Crippen LogP contribution in [-0.2, 0) is 33.0 Å². The lowest BCUT2D eigenvalue weighted by atomic mass is 10.2. The van der Waals surface area contributed by atoms with Crippen LogP contribution >= 0.6 is 0 Å². The van der Waals surface area contributed by atoms with Gasteiger partial charge in [0, 0.05) is 32.1 Å². The van der Waals surface area contributed by atoms with Gasteiger partial charge in [-0.05, 0) is 24.3 Å². The minimum absolute atomic E-state index is 0.0224. The Bertz CT molecular complexity index is 949. The number of sulfonamides is 1. The zero-order valence-corrected chi connectivity index (χ0v) is 16.9. The third kappa shape index (κ3) is 5.20. The molecule has 0 radical (unpaired) electrons. The molecule has 0 bridgehead atoms. The summed E-state index contributed by atoms with van der Waals surface area (Å²) in [6, 6.07) is 9.81. The van der Waals surface area contributed by atoms with Crippen LogP contribution in [0.1, 0.15) is 29.0 Å². The van der Waals surface area contributed by atoms with Gasteiger partial charge in [-0.1, -0.05) is 12.1 Å². The highest BCUT2D eigenvalue weighted by atomic mass is 32.2. The van der Waals surface area contributed by atoms with E-state index < -0.39 is 16.0 Å². The third-order valence-electron chi connectivity index (χ3n) is 4.33. The van der Waals surface area contributed by atoms with Crippen LogP contribution in [-0.4, -0.2) is 45.5 Å². The fourth-order valence-electron chi connectivity index (χ4n) is 2.76. The minimum atomic E-state index is -3.72. The molecule has 0 aliphatic heterocycles. The molecule has 0 atom stereocenters. The largest absolute Gasteiger partial charge is 0.495 e. The van der Waals surface area contributed by atoms with E-state index in [4.69, 9.17) is 4.74 Å². The summed E-state index contributed by atoms with van der Waals surface area (Å²) in [4.78, 5) is 23.5. The molecule has 2 rings (SSSR count). The highest BCUT2D eigenvalue weighted by Gasteiger charge is 2.19. The number of hydrogen-bond acceptors (Lipinski definition) is 6. The van der Waals surface area contributed by atoms with Gasteiger partial charge in [-0.3, -0.25) is 9.59 Å². The second-order valence-electron chi connectivity index (χ2n) is 6.07. The molecule has 0 amide bonds. The van der Waals surface area contributed by atoms with Crippen molar-refractivity contribution in [2.45, 2.75) is 24.2 Å². The number of carbonyl (C=O) groups excluding carboxylic acids is 2. The summed E-state index contributed by atoms with van der Waals surface area (Å²) >= 11 is 0. The van der Waals surface area contributed by atoms with Gasteiger partial charge in [0.1, 0.15) is 10.6 Å². The molecule has 0 unspecified atom stereocenters. The lowest BCUT2D eigenvalue weighted by Gasteiger charge is -2.11. The van der Waals surface area contributed by atoms with E-state index in [0.717, 1.165) is 5.69 Å². The summed E-state index contributed by atoms with van der Waals surface area (Å²) in [7, 11) is 0.703. The monoisotopic (exact) mass is 408 g/mol. The first-order valence-electron chi connectivity index (χ1n) is 8.67. The topological polar surface area (TPSA) is 104 Å². The Morgan fingerprint density at radius 3 is 2.46 bits per heavy atom. The molecule has 1 N–H and O–H groups in total. The van der Waals surface area contributed by atoms with E-state index in [1.54, 1.807) is 41.9 Å². The average molecular weight is 408 g/mol. The molecule has 152 valence electrons. The van der Waals surface area contributed by atoms with E-state index in [-0.39, 0.29) is 35.8 Å². The maximum Gasteiger partial charge on any atom is 0.305 e. The lowest BCUT2D eigenvalue weighted by molar-refractivity contribution is -0.140. The van der Waals surface area contributed by atoms with Gasteiger partial charge in [-0.2, -0.15) is 0 Å². The Kier molecular flexibility index (Phi) is 7.36. The molecule has 9 heteroatoms. The first-order valence-corrected chi connectivity index (χ1v) is 10.2. The number of methoxy groups -OCH3 is 2. The molecule has 1 aromatic carbocycles. The Morgan fingerprint density at radius 1 is 1.07 bits per heavy atom. The van der Waals surface area contributed by atoms with Crippen molar-refractivity contribution >= 4 is 21.8 Å². The van der Waals surface area contributed by atoms with Crippen LogP contribution in [0.15, 0.2) is 41.3 Å². The first-order chi connectivity index (χ1) is 13.3. The van der Waals surface area contributed by atoms with Crippen LogP contribution in [0.2, 0.25) is 0 Å². The highest BCUT2D eigenvalue weighted by Crippen LogP contribution is 2.22. The van der Waals surface area contributed by atoms with Gasteiger partial charge in [0.25, 0.3) is 0 Å². The molecule has 8 nitrogen and oxygen atoms in total. The molecule has 0 aliphatic rings. The summed E-state index contributed by atoms with van der Waals surface area (Å²) in [5.74, 6) is -0.338. The fraction of sp³-hybridized carbons (Fsp3) is 0.368. The summed E-state index contributed by atoms with van der Waals surface area (Å²) in [5.41, 5.74) is 1.26. The predicted molar refractivity (Wildman–Crippen MR) is 103 cm³/mol. The summed E-state index contributed by atoms with van der Waals surface area (Å²) in [5, 5.41) is 0. The number of ether oxygens (including phenoxy) is 2. The molecule has 1 aromatic heterocycles. The normalized spacial score (nSPS) is 11.2. The van der Waals surface area contributed by atoms with Crippen molar-refractivity contribution in [3.8, 4) is 5.75 Å². The van der Waals surface area contributed by atoms with Crippen molar-refractivity contribution in [1.29, 1.82) is 0 Å². The quantitative estimate of drug-likeness (QED) is 0.474. The summed E-state index contributed by atoms with van der Waals surface area (Å²) in [6.07, 6.45) is 0.480. The van der Waals surface area contributed by atoms with Gasteiger partial charge in [0.15, 0.2) is 5.78 Å². The van der Waals surface area contributed by atoms with E-state index in [9.17, 15) is 18.0 Å². The van der Waals surface area contributed by atoms with Gasteiger partial charge >= 0.3 is 5.97 Å². The maximum atomic E-state index is 12.5. The Balaban J connectivity index is 1.99. The van der Waals surface area contributed by atoms with E-state index in [1.165, 1.54) is 20.3 Å². The highest BCUT2D eigenvalue weighted by molar-refractivity contribution is 7.89. The number of benzene rings is 1. The van der Waals surface area contributed by atoms with Crippen molar-refractivity contribution in [2.75, 3.05) is 20.8 Å². The minimum Gasteiger partial charge on any atom is -0.495 e. The van der Waals surface area contributed by atoms with Gasteiger partial charge in [-0.15, -0.1) is 0 Å². The van der Waals surface area contributed by atoms with Crippen molar-refractivity contribution < 1.29 is 27.5 Å². The lowest BCUT2D eigenvalue weighted by Crippen LogP contribution is -2.27. The molecule has 0 saturated carbocycles. The number of nitrogens with one attached hydrogen (secondary N) is 1. The second kappa shape index (κ2) is 9.52. The van der Waals surface area contributed by atoms with Gasteiger partial charge in [-0.25, -0.2) is 13.1 Å². The van der Waals surface area contributed by atoms with Crippen LogP contribution in [0.3, 0.4) is 0 Å². The molecule has 0 fully saturated rings. The smallest absolute Gasteiger partial charge is 0.305 e. The molecule has 0 aliphatic carbocycles. The van der Waals surface area contributed by atoms with Crippen LogP contribution in [0.25, 0.3) is 0 Å². The van der Waals surface area contributed by atoms with E-state index in [2.05, 4.69) is 9.46 Å². The number of para-hydroxylation sites is 1. The number of nitrogens with zero attached hydrogens (tertiary/aromatic N) is 1. The van der Waals surface area contributed by atoms with Crippen LogP contribution < -0.4 is 9.46 Å². The second-order valence-corrected chi connectivity index (χ2v) is 7.80. The molecule has 0 saturated heterocycles. The van der Waals surface area contributed by atoms with Crippen LogP contribution in [0.5, 0.6) is 5.75 Å². The van der Waals surface area contributed by atoms with E-state index in [0.29, 0.717) is 12.1 Å². The number of carbonyl (C=O) groups is 2. The zero-order valence-electron chi connectivity index (χ0n) is 16.1. The van der Waals surface area contributed by atoms with Crippen LogP contribution in [0, 0.1) is 0 Å². The Labute approximate surface area is 164 Å². The Hall–Kier alpha value is -2.65. The number of Topliss-reactive ketones (excluding diaryl/α,β-unsaturated/α-hetero) is 1. The standard InChI is InChI=1S/C19H24N2O6S/c1-21-14(8-9-15(21)16(22)10-11-19(23)27-3)12-13-20-28(24,25)18-7-5-4-6-17(18)26-2/h4-9,20H,10-13H2,1-3H3. The Morgan fingerprint density at radius 2 is 1.79 bits per heavy atom. The molecular formula is C19H24N2O6S. The number of ketones is 1. The molecular weight excluding hydrogens is 384 g/mol. The number of rotatable bonds is 10. The van der Waals surface area contributed by atoms with Crippen molar-refractivity contribution in [3.63, 3.8) is 0 Å². The van der Waals surface area contributed by atoms with Gasteiger partial charge in [0.2, 0.25) is 10.0 Å². The van der Waals surface area contributed by atoms with E-state index in [1.807, 2.05) is 0 Å². The molecule has 1 heterocycles. The first kappa shape index (κ1) is 21.6. The van der Waals surface area contributed by atoms with E-state index >= 15 is 0 Å². The fourth-order valence-corrected chi connectivity index (χ4v) is 3.96. The summed E-state index contributed by atoms with van der Waals surface area (Å²) in [6.45, 7) is 0.161. The summed E-state index contributed by atoms with van der Waals surface area (Å²) < 4.78 is 38.9. The molecule has 0 spiro atoms. The molecule has 2 aromatic rings. The van der Waals surface area contributed by atoms with Crippen molar-refractivity contribution in [1.82, 2.24) is 9.29 Å². The maximum absolute atomic E-state index is 12.5. The van der Waals surface area contributed by atoms with Gasteiger partial charge < -0.3 is 14.0 Å². The van der Waals surface area contributed by atoms with Crippen molar-refractivity contribution in [3.05, 3.63) is 47.8 Å². The SMILES string of the molecule is COC(=O)CCC(=O)c1ccc(CCNS(=O)(=O)c2ccccc2OC)n1C. The average Bonchev–Trinajstić information content (AvgIpc) is 3.06. The van der Waals surface area contributed by atoms with Crippen LogP contribution in [0.4, 0.5) is 0 Å². The predicted octanol–water partition coefficient (Wildman–Crippen LogP) is 1.69. The number of aromatic nitrogens is 1.